The van der Waals surface area contributed by atoms with Crippen LogP contribution in [0.15, 0.2) is 158 Å². The number of benzene rings is 3. The van der Waals surface area contributed by atoms with Gasteiger partial charge in [0.15, 0.2) is 0 Å². The summed E-state index contributed by atoms with van der Waals surface area (Å²) in [4.78, 5) is 17.9. The van der Waals surface area contributed by atoms with Crippen molar-refractivity contribution in [3.63, 3.8) is 0 Å². The summed E-state index contributed by atoms with van der Waals surface area (Å²) in [6, 6.07) is 44.1. The number of nitrogens with zero attached hydrogens (tertiary/aromatic N) is 4. The van der Waals surface area contributed by atoms with Crippen molar-refractivity contribution >= 4 is 0 Å². The number of aromatic nitrogens is 4. The van der Waals surface area contributed by atoms with Gasteiger partial charge in [-0.25, -0.2) is 4.98 Å². The molecule has 0 radical (unpaired) electrons. The van der Waals surface area contributed by atoms with Crippen molar-refractivity contribution in [2.45, 2.75) is 0 Å². The monoisotopic (exact) mass is 538 g/mol. The van der Waals surface area contributed by atoms with Crippen molar-refractivity contribution < 1.29 is 0 Å². The average molecular weight is 539 g/mol. The fourth-order valence-electron chi connectivity index (χ4n) is 5.12. The molecule has 0 saturated carbocycles. The molecule has 4 heteroatoms. The smallest absolute Gasteiger partial charge is 0.0715 e. The molecule has 0 aliphatic rings. The molecule has 4 heterocycles. The van der Waals surface area contributed by atoms with Crippen LogP contribution in [0.2, 0.25) is 0 Å². The highest BCUT2D eigenvalue weighted by atomic mass is 14.7. The molecule has 7 rings (SSSR count). The molecule has 0 spiro atoms. The Bertz CT molecular complexity index is 1680. The summed E-state index contributed by atoms with van der Waals surface area (Å²) >= 11 is 0. The summed E-state index contributed by atoms with van der Waals surface area (Å²) in [5, 5.41) is 0. The minimum atomic E-state index is 0.927. The molecule has 0 amide bonds. The van der Waals surface area contributed by atoms with Gasteiger partial charge in [0, 0.05) is 47.7 Å². The van der Waals surface area contributed by atoms with E-state index in [0.29, 0.717) is 0 Å². The van der Waals surface area contributed by atoms with E-state index in [1.807, 2.05) is 73.4 Å². The first-order valence-corrected chi connectivity index (χ1v) is 13.9. The summed E-state index contributed by atoms with van der Waals surface area (Å²) in [5.74, 6) is 0. The second-order valence-electron chi connectivity index (χ2n) is 10.0. The number of rotatable bonds is 6. The van der Waals surface area contributed by atoms with Crippen LogP contribution in [0.3, 0.4) is 0 Å². The van der Waals surface area contributed by atoms with Crippen molar-refractivity contribution in [3.05, 3.63) is 158 Å². The van der Waals surface area contributed by atoms with E-state index < -0.39 is 0 Å². The van der Waals surface area contributed by atoms with E-state index >= 15 is 0 Å². The second kappa shape index (κ2) is 11.4. The van der Waals surface area contributed by atoms with Gasteiger partial charge in [0.1, 0.15) is 0 Å². The minimum Gasteiger partial charge on any atom is -0.265 e. The van der Waals surface area contributed by atoms with Gasteiger partial charge in [-0.3, -0.25) is 15.0 Å². The molecule has 0 bridgehead atoms. The third-order valence-corrected chi connectivity index (χ3v) is 7.39. The maximum atomic E-state index is 5.14. The molecule has 0 unspecified atom stereocenters. The van der Waals surface area contributed by atoms with E-state index in [4.69, 9.17) is 4.98 Å². The molecule has 0 atom stereocenters. The average Bonchev–Trinajstić information content (AvgIpc) is 3.09. The van der Waals surface area contributed by atoms with Crippen LogP contribution in [0, 0.1) is 0 Å². The zero-order valence-electron chi connectivity index (χ0n) is 22.8. The Morgan fingerprint density at radius 1 is 0.286 bits per heavy atom. The van der Waals surface area contributed by atoms with Crippen LogP contribution in [-0.4, -0.2) is 19.9 Å². The Morgan fingerprint density at radius 3 is 1.10 bits per heavy atom. The van der Waals surface area contributed by atoms with Gasteiger partial charge in [0.25, 0.3) is 0 Å². The fraction of sp³-hybridized carbons (Fsp3) is 0. The lowest BCUT2D eigenvalue weighted by Gasteiger charge is -2.12. The summed E-state index contributed by atoms with van der Waals surface area (Å²) in [7, 11) is 0. The van der Waals surface area contributed by atoms with E-state index in [1.54, 1.807) is 0 Å². The topological polar surface area (TPSA) is 51.6 Å². The van der Waals surface area contributed by atoms with Crippen LogP contribution in [-0.2, 0) is 0 Å². The van der Waals surface area contributed by atoms with Crippen LogP contribution >= 0.6 is 0 Å². The summed E-state index contributed by atoms with van der Waals surface area (Å²) in [6.07, 6.45) is 9.10. The molecule has 4 aromatic heterocycles. The van der Waals surface area contributed by atoms with E-state index in [2.05, 4.69) is 99.9 Å². The van der Waals surface area contributed by atoms with Crippen molar-refractivity contribution in [1.29, 1.82) is 0 Å². The first-order valence-electron chi connectivity index (χ1n) is 13.9. The maximum absolute atomic E-state index is 5.14. The fourth-order valence-corrected chi connectivity index (χ4v) is 5.12. The van der Waals surface area contributed by atoms with E-state index in [1.165, 1.54) is 0 Å². The normalized spacial score (nSPS) is 10.9. The van der Waals surface area contributed by atoms with Gasteiger partial charge in [-0.1, -0.05) is 78.9 Å². The van der Waals surface area contributed by atoms with Crippen LogP contribution < -0.4 is 0 Å². The Hall–Kier alpha value is -5.74. The number of hydrogen-bond donors (Lipinski definition) is 0. The summed E-state index contributed by atoms with van der Waals surface area (Å²) in [5.41, 5.74) is 12.8. The largest absolute Gasteiger partial charge is 0.265 e. The van der Waals surface area contributed by atoms with E-state index in [-0.39, 0.29) is 0 Å². The van der Waals surface area contributed by atoms with Gasteiger partial charge < -0.3 is 0 Å². The third-order valence-electron chi connectivity index (χ3n) is 7.39. The number of pyridine rings is 4. The zero-order chi connectivity index (χ0) is 28.1. The molecule has 4 nitrogen and oxygen atoms in total. The summed E-state index contributed by atoms with van der Waals surface area (Å²) in [6.45, 7) is 0. The molecule has 42 heavy (non-hydrogen) atoms. The van der Waals surface area contributed by atoms with Crippen LogP contribution in [0.1, 0.15) is 0 Å². The van der Waals surface area contributed by atoms with Gasteiger partial charge in [-0.15, -0.1) is 0 Å². The maximum Gasteiger partial charge on any atom is 0.0715 e. The first-order chi connectivity index (χ1) is 20.8. The standard InChI is InChI=1S/C38H26N4/c1-2-20-41-36(3-1)32-10-8-29(9-11-32)35-25-37(33-12-4-27(5-13-33)30-16-21-39-22-17-30)42-38(26-35)34-14-6-28(7-15-34)31-18-23-40-24-19-31/h1-26H. The molecule has 0 fully saturated rings. The van der Waals surface area contributed by atoms with Gasteiger partial charge in [0.2, 0.25) is 0 Å². The lowest BCUT2D eigenvalue weighted by molar-refractivity contribution is 1.31. The Balaban J connectivity index is 1.29. The molecule has 0 aliphatic heterocycles. The molecule has 7 aromatic rings. The second-order valence-corrected chi connectivity index (χ2v) is 10.0. The zero-order valence-corrected chi connectivity index (χ0v) is 22.8. The number of hydrogen-bond acceptors (Lipinski definition) is 4. The van der Waals surface area contributed by atoms with Gasteiger partial charge >= 0.3 is 0 Å². The molecule has 3 aromatic carbocycles. The molecule has 198 valence electrons. The van der Waals surface area contributed by atoms with Crippen molar-refractivity contribution in [3.8, 4) is 67.2 Å². The van der Waals surface area contributed by atoms with Gasteiger partial charge in [0.05, 0.1) is 17.1 Å². The molecular formula is C38H26N4. The first kappa shape index (κ1) is 25.2. The Labute approximate surface area is 245 Å². The molecule has 0 N–H and O–H groups in total. The van der Waals surface area contributed by atoms with Crippen LogP contribution in [0.25, 0.3) is 67.2 Å². The van der Waals surface area contributed by atoms with E-state index in [9.17, 15) is 0 Å². The third kappa shape index (κ3) is 5.34. The van der Waals surface area contributed by atoms with E-state index in [0.717, 1.165) is 67.2 Å². The van der Waals surface area contributed by atoms with Crippen molar-refractivity contribution in [1.82, 2.24) is 19.9 Å². The SMILES string of the molecule is c1ccc(-c2ccc(-c3cc(-c4ccc(-c5ccncc5)cc4)nc(-c4ccc(-c5ccncc5)cc4)c3)cc2)nc1. The van der Waals surface area contributed by atoms with Crippen molar-refractivity contribution in [2.75, 3.05) is 0 Å². The predicted octanol–water partition coefficient (Wildman–Crippen LogP) is 9.27. The van der Waals surface area contributed by atoms with Gasteiger partial charge in [-0.05, 0) is 81.9 Å². The highest BCUT2D eigenvalue weighted by Gasteiger charge is 2.11. The predicted molar refractivity (Wildman–Crippen MR) is 170 cm³/mol. The Morgan fingerprint density at radius 2 is 0.667 bits per heavy atom. The Kier molecular flexibility index (Phi) is 6.85. The lowest BCUT2D eigenvalue weighted by Crippen LogP contribution is -1.92. The molecular weight excluding hydrogens is 512 g/mol. The lowest BCUT2D eigenvalue weighted by atomic mass is 9.97. The van der Waals surface area contributed by atoms with Crippen LogP contribution in [0.4, 0.5) is 0 Å². The quantitative estimate of drug-likeness (QED) is 0.212. The summed E-state index contributed by atoms with van der Waals surface area (Å²) < 4.78 is 0. The van der Waals surface area contributed by atoms with Crippen molar-refractivity contribution in [2.24, 2.45) is 0 Å². The van der Waals surface area contributed by atoms with Crippen LogP contribution in [0.5, 0.6) is 0 Å². The minimum absolute atomic E-state index is 0.927. The molecule has 0 saturated heterocycles. The highest BCUT2D eigenvalue weighted by molar-refractivity contribution is 5.79. The highest BCUT2D eigenvalue weighted by Crippen LogP contribution is 2.33. The van der Waals surface area contributed by atoms with Gasteiger partial charge in [-0.2, -0.15) is 0 Å². The molecule has 0 aliphatic carbocycles.